The zero-order valence-electron chi connectivity index (χ0n) is 11.3. The number of aromatic nitrogens is 5. The predicted octanol–water partition coefficient (Wildman–Crippen LogP) is 2.67. The van der Waals surface area contributed by atoms with Gasteiger partial charge in [0.25, 0.3) is 0 Å². The Bertz CT molecular complexity index is 827. The van der Waals surface area contributed by atoms with Crippen LogP contribution in [0.1, 0.15) is 5.69 Å². The first-order valence-electron chi connectivity index (χ1n) is 6.23. The van der Waals surface area contributed by atoms with Crippen LogP contribution in [-0.2, 0) is 6.18 Å². The second-order valence-corrected chi connectivity index (χ2v) is 4.57. The molecule has 2 aromatic heterocycles. The Hall–Kier alpha value is -3.04. The topological polar surface area (TPSA) is 93.4 Å². The van der Waals surface area contributed by atoms with Gasteiger partial charge in [0.1, 0.15) is 5.69 Å². The highest BCUT2D eigenvalue weighted by atomic mass is 19.4. The average molecular weight is 324 g/mol. The predicted molar refractivity (Wildman–Crippen MR) is 72.2 cm³/mol. The number of H-pyrrole nitrogens is 1. The lowest BCUT2D eigenvalue weighted by atomic mass is 9.99. The third-order valence-electron chi connectivity index (χ3n) is 3.12. The molecule has 1 aromatic carbocycles. The molecular formula is C13H8F4N6. The third kappa shape index (κ3) is 2.70. The number of alkyl halides is 3. The molecule has 10 heteroatoms. The van der Waals surface area contributed by atoms with E-state index in [9.17, 15) is 17.6 Å². The molecule has 0 aliphatic carbocycles. The van der Waals surface area contributed by atoms with Crippen LogP contribution in [0.3, 0.4) is 0 Å². The fourth-order valence-corrected chi connectivity index (χ4v) is 2.05. The molecule has 0 bridgehead atoms. The number of hydrogen-bond donors (Lipinski definition) is 2. The zero-order chi connectivity index (χ0) is 16.6. The van der Waals surface area contributed by atoms with E-state index in [-0.39, 0.29) is 28.2 Å². The Labute approximate surface area is 126 Å². The largest absolute Gasteiger partial charge is 0.433 e. The van der Waals surface area contributed by atoms with Crippen LogP contribution in [0, 0.1) is 5.82 Å². The molecule has 6 nitrogen and oxygen atoms in total. The second kappa shape index (κ2) is 5.30. The van der Waals surface area contributed by atoms with Crippen molar-refractivity contribution >= 4 is 5.69 Å². The SMILES string of the molecule is Nc1ccc(-c2ccc(C(F)(F)F)nc2)c(-c2nnn[nH]2)c1F. The van der Waals surface area contributed by atoms with Crippen molar-refractivity contribution in [3.63, 3.8) is 0 Å². The Morgan fingerprint density at radius 2 is 1.87 bits per heavy atom. The molecule has 3 aromatic rings. The lowest BCUT2D eigenvalue weighted by molar-refractivity contribution is -0.141. The smallest absolute Gasteiger partial charge is 0.396 e. The van der Waals surface area contributed by atoms with Gasteiger partial charge in [-0.3, -0.25) is 4.98 Å². The summed E-state index contributed by atoms with van der Waals surface area (Å²) in [5, 5.41) is 12.7. The minimum atomic E-state index is -4.55. The van der Waals surface area contributed by atoms with Crippen molar-refractivity contribution in [1.82, 2.24) is 25.6 Å². The van der Waals surface area contributed by atoms with Gasteiger partial charge in [-0.2, -0.15) is 13.2 Å². The number of nitrogen functional groups attached to an aromatic ring is 1. The minimum absolute atomic E-state index is 0.00435. The quantitative estimate of drug-likeness (QED) is 0.558. The Kier molecular flexibility index (Phi) is 3.43. The number of nitrogens with one attached hydrogen (secondary N) is 1. The van der Waals surface area contributed by atoms with E-state index in [0.717, 1.165) is 12.3 Å². The molecule has 0 spiro atoms. The van der Waals surface area contributed by atoms with Crippen LogP contribution in [0.2, 0.25) is 0 Å². The first-order chi connectivity index (χ1) is 10.9. The molecule has 0 amide bonds. The van der Waals surface area contributed by atoms with E-state index in [2.05, 4.69) is 25.6 Å². The maximum Gasteiger partial charge on any atom is 0.433 e. The molecule has 0 unspecified atom stereocenters. The summed E-state index contributed by atoms with van der Waals surface area (Å²) in [6, 6.07) is 4.76. The molecule has 2 heterocycles. The summed E-state index contributed by atoms with van der Waals surface area (Å²) in [4.78, 5) is 3.36. The molecule has 3 rings (SSSR count). The number of nitrogens with two attached hydrogens (primary N) is 1. The van der Waals surface area contributed by atoms with Crippen LogP contribution in [0.4, 0.5) is 23.2 Å². The molecule has 0 atom stereocenters. The number of benzene rings is 1. The van der Waals surface area contributed by atoms with Gasteiger partial charge < -0.3 is 5.73 Å². The van der Waals surface area contributed by atoms with Crippen LogP contribution in [0.5, 0.6) is 0 Å². The Morgan fingerprint density at radius 1 is 1.09 bits per heavy atom. The van der Waals surface area contributed by atoms with Crippen molar-refractivity contribution in [2.24, 2.45) is 0 Å². The van der Waals surface area contributed by atoms with Crippen molar-refractivity contribution in [2.45, 2.75) is 6.18 Å². The van der Waals surface area contributed by atoms with E-state index in [4.69, 9.17) is 5.73 Å². The first kappa shape index (κ1) is 14.9. The van der Waals surface area contributed by atoms with Crippen molar-refractivity contribution in [2.75, 3.05) is 5.73 Å². The van der Waals surface area contributed by atoms with E-state index >= 15 is 0 Å². The van der Waals surface area contributed by atoms with Crippen molar-refractivity contribution < 1.29 is 17.6 Å². The fraction of sp³-hybridized carbons (Fsp3) is 0.0769. The summed E-state index contributed by atoms with van der Waals surface area (Å²) in [6.45, 7) is 0. The highest BCUT2D eigenvalue weighted by molar-refractivity contribution is 5.83. The number of tetrazole rings is 1. The van der Waals surface area contributed by atoms with Gasteiger partial charge in [0.2, 0.25) is 0 Å². The minimum Gasteiger partial charge on any atom is -0.396 e. The maximum atomic E-state index is 14.3. The molecule has 23 heavy (non-hydrogen) atoms. The highest BCUT2D eigenvalue weighted by Gasteiger charge is 2.32. The second-order valence-electron chi connectivity index (χ2n) is 4.57. The lowest BCUT2D eigenvalue weighted by Crippen LogP contribution is -2.07. The van der Waals surface area contributed by atoms with Gasteiger partial charge in [0.05, 0.1) is 11.3 Å². The molecule has 0 fully saturated rings. The van der Waals surface area contributed by atoms with Gasteiger partial charge in [-0.25, -0.2) is 9.49 Å². The molecule has 0 aliphatic rings. The number of halogens is 4. The summed E-state index contributed by atoms with van der Waals surface area (Å²) in [5.74, 6) is -0.773. The van der Waals surface area contributed by atoms with Gasteiger partial charge in [-0.15, -0.1) is 5.10 Å². The number of hydrogen-bond acceptors (Lipinski definition) is 5. The molecule has 0 saturated heterocycles. The van der Waals surface area contributed by atoms with Crippen molar-refractivity contribution in [3.8, 4) is 22.5 Å². The van der Waals surface area contributed by atoms with Crippen LogP contribution in [-0.4, -0.2) is 25.6 Å². The van der Waals surface area contributed by atoms with Gasteiger partial charge in [-0.05, 0) is 28.1 Å². The van der Waals surface area contributed by atoms with Gasteiger partial charge in [0, 0.05) is 11.8 Å². The van der Waals surface area contributed by atoms with Gasteiger partial charge in [-0.1, -0.05) is 12.1 Å². The Morgan fingerprint density at radius 3 is 2.43 bits per heavy atom. The van der Waals surface area contributed by atoms with E-state index in [1.54, 1.807) is 0 Å². The summed E-state index contributed by atoms with van der Waals surface area (Å²) in [6.07, 6.45) is -3.55. The third-order valence-corrected chi connectivity index (χ3v) is 3.12. The number of aromatic amines is 1. The first-order valence-corrected chi connectivity index (χ1v) is 6.23. The van der Waals surface area contributed by atoms with Gasteiger partial charge in [0.15, 0.2) is 11.6 Å². The van der Waals surface area contributed by atoms with E-state index in [1.165, 1.54) is 18.2 Å². The number of pyridine rings is 1. The molecule has 118 valence electrons. The van der Waals surface area contributed by atoms with Crippen LogP contribution >= 0.6 is 0 Å². The molecule has 3 N–H and O–H groups in total. The van der Waals surface area contributed by atoms with E-state index in [1.807, 2.05) is 0 Å². The average Bonchev–Trinajstić information content (AvgIpc) is 3.03. The zero-order valence-corrected chi connectivity index (χ0v) is 11.3. The molecule has 0 radical (unpaired) electrons. The molecular weight excluding hydrogens is 316 g/mol. The van der Waals surface area contributed by atoms with E-state index in [0.29, 0.717) is 0 Å². The van der Waals surface area contributed by atoms with Gasteiger partial charge >= 0.3 is 6.18 Å². The summed E-state index contributed by atoms with van der Waals surface area (Å²) >= 11 is 0. The summed E-state index contributed by atoms with van der Waals surface area (Å²) in [5.41, 5.74) is 4.84. The fourth-order valence-electron chi connectivity index (χ4n) is 2.05. The number of rotatable bonds is 2. The molecule has 0 saturated carbocycles. The Balaban J connectivity index is 2.15. The van der Waals surface area contributed by atoms with E-state index < -0.39 is 17.7 Å². The summed E-state index contributed by atoms with van der Waals surface area (Å²) < 4.78 is 52.1. The molecule has 0 aliphatic heterocycles. The lowest BCUT2D eigenvalue weighted by Gasteiger charge is -2.11. The van der Waals surface area contributed by atoms with Crippen LogP contribution in [0.25, 0.3) is 22.5 Å². The normalized spacial score (nSPS) is 11.7. The number of nitrogens with zero attached hydrogens (tertiary/aromatic N) is 4. The maximum absolute atomic E-state index is 14.3. The standard InChI is InChI=1S/C13H8F4N6/c14-11-8(18)3-2-7(10(11)12-20-22-23-21-12)6-1-4-9(19-5-6)13(15,16)17/h1-5H,18H2,(H,20,21,22,23). The number of anilines is 1. The van der Waals surface area contributed by atoms with Crippen molar-refractivity contribution in [3.05, 3.63) is 42.0 Å². The van der Waals surface area contributed by atoms with Crippen molar-refractivity contribution in [1.29, 1.82) is 0 Å². The van der Waals surface area contributed by atoms with Crippen LogP contribution in [0.15, 0.2) is 30.5 Å². The summed E-state index contributed by atoms with van der Waals surface area (Å²) in [7, 11) is 0. The van der Waals surface area contributed by atoms with Crippen LogP contribution < -0.4 is 5.73 Å². The monoisotopic (exact) mass is 324 g/mol. The highest BCUT2D eigenvalue weighted by Crippen LogP contribution is 2.35.